The monoisotopic (exact) mass is 395 g/mol. The Morgan fingerprint density at radius 3 is 2.62 bits per heavy atom. The molecule has 0 aliphatic heterocycles. The summed E-state index contributed by atoms with van der Waals surface area (Å²) in [5.74, 6) is -2.21. The second kappa shape index (κ2) is 6.74. The summed E-state index contributed by atoms with van der Waals surface area (Å²) < 4.78 is 27.8. The van der Waals surface area contributed by atoms with Crippen molar-refractivity contribution in [3.05, 3.63) is 69.5 Å². The van der Waals surface area contributed by atoms with Crippen LogP contribution in [0.3, 0.4) is 0 Å². The average molecular weight is 395 g/mol. The summed E-state index contributed by atoms with van der Waals surface area (Å²) in [6.45, 7) is 1.68. The number of benzene rings is 1. The molecule has 0 radical (unpaired) electrons. The molecule has 0 unspecified atom stereocenters. The second-order valence-electron chi connectivity index (χ2n) is 7.05. The highest BCUT2D eigenvalue weighted by atomic mass is 19.2. The highest BCUT2D eigenvalue weighted by Gasteiger charge is 2.53. The number of nitrogens with zero attached hydrogens (tertiary/aromatic N) is 3. The van der Waals surface area contributed by atoms with Crippen LogP contribution in [0.1, 0.15) is 42.8 Å². The van der Waals surface area contributed by atoms with Gasteiger partial charge < -0.3 is 10.3 Å². The van der Waals surface area contributed by atoms with Gasteiger partial charge in [0.05, 0.1) is 22.5 Å². The number of carbonyl (C=O) groups is 1. The topological polar surface area (TPSA) is 112 Å². The van der Waals surface area contributed by atoms with Crippen LogP contribution >= 0.6 is 0 Å². The molecule has 7 nitrogen and oxygen atoms in total. The molecule has 2 aromatic heterocycles. The average Bonchev–Trinajstić information content (AvgIpc) is 3.52. The number of aromatic amines is 1. The van der Waals surface area contributed by atoms with E-state index >= 15 is 0 Å². The molecule has 4 rings (SSSR count). The van der Waals surface area contributed by atoms with Crippen LogP contribution < -0.4 is 10.9 Å². The van der Waals surface area contributed by atoms with E-state index < -0.39 is 34.6 Å². The Balaban J connectivity index is 1.65. The van der Waals surface area contributed by atoms with Gasteiger partial charge in [-0.05, 0) is 38.0 Å². The Bertz CT molecular complexity index is 1230. The molecule has 1 atom stereocenters. The molecule has 0 spiro atoms. The molecule has 29 heavy (non-hydrogen) atoms. The summed E-state index contributed by atoms with van der Waals surface area (Å²) in [6.07, 6.45) is 3.52. The van der Waals surface area contributed by atoms with Gasteiger partial charge >= 0.3 is 0 Å². The van der Waals surface area contributed by atoms with Gasteiger partial charge in [-0.2, -0.15) is 5.26 Å². The van der Waals surface area contributed by atoms with Gasteiger partial charge in [0.15, 0.2) is 11.6 Å². The number of nitriles is 1. The maximum Gasteiger partial charge on any atom is 0.252 e. The largest absolute Gasteiger partial charge is 0.346 e. The van der Waals surface area contributed by atoms with E-state index in [1.54, 1.807) is 6.92 Å². The highest BCUT2D eigenvalue weighted by Crippen LogP contribution is 2.48. The van der Waals surface area contributed by atoms with E-state index in [4.69, 9.17) is 5.26 Å². The Labute approximate surface area is 163 Å². The fourth-order valence-corrected chi connectivity index (χ4v) is 3.33. The first-order valence-corrected chi connectivity index (χ1v) is 8.90. The first-order valence-electron chi connectivity index (χ1n) is 8.90. The number of H-pyrrole nitrogens is 1. The smallest absolute Gasteiger partial charge is 0.252 e. The summed E-state index contributed by atoms with van der Waals surface area (Å²) in [5.41, 5.74) is -1.07. The molecule has 0 bridgehead atoms. The van der Waals surface area contributed by atoms with Crippen molar-refractivity contribution < 1.29 is 13.6 Å². The third-order valence-corrected chi connectivity index (χ3v) is 5.15. The highest BCUT2D eigenvalue weighted by molar-refractivity contribution is 5.92. The lowest BCUT2D eigenvalue weighted by Gasteiger charge is -2.19. The van der Waals surface area contributed by atoms with Crippen LogP contribution in [0.15, 0.2) is 35.4 Å². The van der Waals surface area contributed by atoms with Crippen molar-refractivity contribution in [3.8, 4) is 6.07 Å². The van der Waals surface area contributed by atoms with Crippen LogP contribution in [0.2, 0.25) is 0 Å². The van der Waals surface area contributed by atoms with Gasteiger partial charge in [0.1, 0.15) is 11.9 Å². The molecule has 1 amide bonds. The molecule has 1 saturated carbocycles. The third-order valence-electron chi connectivity index (χ3n) is 5.15. The summed E-state index contributed by atoms with van der Waals surface area (Å²) in [5, 5.41) is 11.5. The second-order valence-corrected chi connectivity index (χ2v) is 7.05. The van der Waals surface area contributed by atoms with Gasteiger partial charge in [-0.3, -0.25) is 9.59 Å². The number of halogens is 2. The molecule has 146 valence electrons. The molecule has 3 aromatic rings. The molecule has 2 heterocycles. The molecular weight excluding hydrogens is 380 g/mol. The van der Waals surface area contributed by atoms with Gasteiger partial charge in [-0.15, -0.1) is 0 Å². The Morgan fingerprint density at radius 1 is 1.31 bits per heavy atom. The van der Waals surface area contributed by atoms with Gasteiger partial charge in [0.25, 0.3) is 5.56 Å². The van der Waals surface area contributed by atoms with E-state index in [0.29, 0.717) is 24.2 Å². The van der Waals surface area contributed by atoms with E-state index in [1.807, 2.05) is 6.07 Å². The van der Waals surface area contributed by atoms with E-state index in [2.05, 4.69) is 20.3 Å². The normalized spacial score (nSPS) is 15.5. The first-order chi connectivity index (χ1) is 13.9. The standard InChI is InChI=1S/C20H15F2N5O2/c1-10(17-24-8-11(7-23)9-25-17)26-19(29)20(4-5-20)13-6-12-15(27-18(13)28)3-2-14(21)16(12)22/h2-3,6,8-10H,4-5H2,1H3,(H,26,29)(H,27,28)/t10-/m0/s1. The fraction of sp³-hybridized carbons (Fsp3) is 0.250. The van der Waals surface area contributed by atoms with Crippen LogP contribution in [-0.4, -0.2) is 20.9 Å². The Kier molecular flexibility index (Phi) is 4.34. The quantitative estimate of drug-likeness (QED) is 0.705. The van der Waals surface area contributed by atoms with Crippen LogP contribution in [0.25, 0.3) is 10.9 Å². The van der Waals surface area contributed by atoms with E-state index in [0.717, 1.165) is 6.07 Å². The summed E-state index contributed by atoms with van der Waals surface area (Å²) >= 11 is 0. The maximum absolute atomic E-state index is 14.2. The number of hydrogen-bond acceptors (Lipinski definition) is 5. The zero-order valence-corrected chi connectivity index (χ0v) is 15.3. The zero-order valence-electron chi connectivity index (χ0n) is 15.3. The molecule has 0 saturated heterocycles. The fourth-order valence-electron chi connectivity index (χ4n) is 3.33. The van der Waals surface area contributed by atoms with E-state index in [9.17, 15) is 18.4 Å². The number of hydrogen-bond donors (Lipinski definition) is 2. The molecule has 1 aliphatic rings. The van der Waals surface area contributed by atoms with Crippen LogP contribution in [-0.2, 0) is 10.2 Å². The van der Waals surface area contributed by atoms with Crippen LogP contribution in [0, 0.1) is 23.0 Å². The van der Waals surface area contributed by atoms with Crippen molar-refractivity contribution in [2.75, 3.05) is 0 Å². The Morgan fingerprint density at radius 2 is 2.00 bits per heavy atom. The molecule has 2 N–H and O–H groups in total. The van der Waals surface area contributed by atoms with Gasteiger partial charge in [-0.25, -0.2) is 18.7 Å². The van der Waals surface area contributed by atoms with Crippen molar-refractivity contribution in [3.63, 3.8) is 0 Å². The lowest BCUT2D eigenvalue weighted by atomic mass is 9.94. The number of pyridine rings is 1. The Hall–Kier alpha value is -3.67. The minimum absolute atomic E-state index is 0.0813. The maximum atomic E-state index is 14.2. The number of nitrogens with one attached hydrogen (secondary N) is 2. The van der Waals surface area contributed by atoms with Gasteiger partial charge in [0.2, 0.25) is 5.91 Å². The number of amides is 1. The minimum atomic E-state index is -1.11. The number of fused-ring (bicyclic) bond motifs is 1. The van der Waals surface area contributed by atoms with Crippen molar-refractivity contribution in [2.24, 2.45) is 0 Å². The number of aromatic nitrogens is 3. The third kappa shape index (κ3) is 3.12. The zero-order chi connectivity index (χ0) is 20.8. The van der Waals surface area contributed by atoms with Crippen molar-refractivity contribution in [1.29, 1.82) is 5.26 Å². The van der Waals surface area contributed by atoms with Crippen molar-refractivity contribution >= 4 is 16.8 Å². The van der Waals surface area contributed by atoms with Crippen LogP contribution in [0.4, 0.5) is 8.78 Å². The summed E-state index contributed by atoms with van der Waals surface area (Å²) in [6, 6.07) is 4.81. The van der Waals surface area contributed by atoms with E-state index in [-0.39, 0.29) is 16.5 Å². The summed E-state index contributed by atoms with van der Waals surface area (Å²) in [4.78, 5) is 36.1. The lowest BCUT2D eigenvalue weighted by molar-refractivity contribution is -0.124. The molecular formula is C20H15F2N5O2. The lowest BCUT2D eigenvalue weighted by Crippen LogP contribution is -2.39. The summed E-state index contributed by atoms with van der Waals surface area (Å²) in [7, 11) is 0. The van der Waals surface area contributed by atoms with Crippen LogP contribution in [0.5, 0.6) is 0 Å². The first kappa shape index (κ1) is 18.7. The molecule has 9 heteroatoms. The molecule has 1 aromatic carbocycles. The molecule has 1 fully saturated rings. The van der Waals surface area contributed by atoms with Crippen molar-refractivity contribution in [1.82, 2.24) is 20.3 Å². The van der Waals surface area contributed by atoms with Gasteiger partial charge in [0, 0.05) is 23.3 Å². The number of carbonyl (C=O) groups excluding carboxylic acids is 1. The predicted molar refractivity (Wildman–Crippen MR) is 98.7 cm³/mol. The minimum Gasteiger partial charge on any atom is -0.346 e. The SMILES string of the molecule is C[C@H](NC(=O)C1(c2cc3c(F)c(F)ccc3[nH]c2=O)CC1)c1ncc(C#N)cn1. The molecule has 1 aliphatic carbocycles. The van der Waals surface area contributed by atoms with E-state index in [1.165, 1.54) is 24.5 Å². The number of rotatable bonds is 4. The predicted octanol–water partition coefficient (Wildman–Crippen LogP) is 2.38. The van der Waals surface area contributed by atoms with Gasteiger partial charge in [-0.1, -0.05) is 0 Å². The van der Waals surface area contributed by atoms with Crippen molar-refractivity contribution in [2.45, 2.75) is 31.2 Å².